The van der Waals surface area contributed by atoms with Gasteiger partial charge in [-0.05, 0) is 39.2 Å². The molecule has 1 saturated heterocycles. The third-order valence-electron chi connectivity index (χ3n) is 3.14. The van der Waals surface area contributed by atoms with Crippen LogP contribution in [0, 0.1) is 0 Å². The molecule has 0 spiro atoms. The number of piperidine rings is 1. The molecule has 1 atom stereocenters. The number of nitrogens with one attached hydrogen (secondary N) is 1. The van der Waals surface area contributed by atoms with Crippen molar-refractivity contribution in [3.05, 3.63) is 0 Å². The monoisotopic (exact) mass is 242 g/mol. The van der Waals surface area contributed by atoms with Crippen molar-refractivity contribution < 1.29 is 14.7 Å². The van der Waals surface area contributed by atoms with E-state index in [0.717, 1.165) is 19.4 Å². The lowest BCUT2D eigenvalue weighted by Gasteiger charge is -2.33. The molecular weight excluding hydrogens is 220 g/mol. The van der Waals surface area contributed by atoms with Gasteiger partial charge in [-0.3, -0.25) is 9.59 Å². The van der Waals surface area contributed by atoms with Crippen LogP contribution in [0.15, 0.2) is 0 Å². The third kappa shape index (κ3) is 5.17. The quantitative estimate of drug-likeness (QED) is 0.677. The molecule has 1 aliphatic rings. The number of hydrogen-bond acceptors (Lipinski definition) is 3. The van der Waals surface area contributed by atoms with Crippen molar-refractivity contribution >= 4 is 11.9 Å². The zero-order valence-corrected chi connectivity index (χ0v) is 10.4. The molecule has 0 radical (unpaired) electrons. The minimum atomic E-state index is -0.789. The molecule has 1 aliphatic heterocycles. The van der Waals surface area contributed by atoms with E-state index in [1.165, 1.54) is 6.42 Å². The van der Waals surface area contributed by atoms with Crippen LogP contribution in [0.5, 0.6) is 0 Å². The smallest absolute Gasteiger partial charge is 0.303 e. The normalized spacial score (nSPS) is 20.3. The van der Waals surface area contributed by atoms with Gasteiger partial charge in [0.25, 0.3) is 0 Å². The summed E-state index contributed by atoms with van der Waals surface area (Å²) in [7, 11) is 0. The maximum absolute atomic E-state index is 11.9. The molecule has 17 heavy (non-hydrogen) atoms. The Morgan fingerprint density at radius 1 is 1.41 bits per heavy atom. The first-order chi connectivity index (χ1) is 8.11. The Hall–Kier alpha value is -1.10. The number of carbonyl (C=O) groups is 2. The molecule has 1 fully saturated rings. The standard InChI is InChI=1S/C12H22N2O3/c1-10-5-2-3-8-14(10)11(15)9-13-7-4-6-12(16)17/h10,13H,2-9H2,1H3,(H,16,17). The summed E-state index contributed by atoms with van der Waals surface area (Å²) in [5, 5.41) is 11.5. The molecule has 1 heterocycles. The lowest BCUT2D eigenvalue weighted by Crippen LogP contribution is -2.46. The predicted octanol–water partition coefficient (Wildman–Crippen LogP) is 0.842. The summed E-state index contributed by atoms with van der Waals surface area (Å²) < 4.78 is 0. The first-order valence-corrected chi connectivity index (χ1v) is 6.33. The van der Waals surface area contributed by atoms with Gasteiger partial charge in [0.15, 0.2) is 0 Å². The highest BCUT2D eigenvalue weighted by atomic mass is 16.4. The van der Waals surface area contributed by atoms with Crippen LogP contribution in [0.4, 0.5) is 0 Å². The molecule has 2 N–H and O–H groups in total. The van der Waals surface area contributed by atoms with Crippen LogP contribution >= 0.6 is 0 Å². The minimum absolute atomic E-state index is 0.132. The van der Waals surface area contributed by atoms with Gasteiger partial charge in [0.1, 0.15) is 0 Å². The summed E-state index contributed by atoms with van der Waals surface area (Å²) in [4.78, 5) is 24.1. The Bertz CT molecular complexity index is 268. The maximum Gasteiger partial charge on any atom is 0.303 e. The van der Waals surface area contributed by atoms with Crippen LogP contribution in [-0.2, 0) is 9.59 Å². The lowest BCUT2D eigenvalue weighted by atomic mass is 10.0. The largest absolute Gasteiger partial charge is 0.481 e. The van der Waals surface area contributed by atoms with Crippen molar-refractivity contribution in [2.75, 3.05) is 19.6 Å². The summed E-state index contributed by atoms with van der Waals surface area (Å²) in [6.07, 6.45) is 4.11. The van der Waals surface area contributed by atoms with Gasteiger partial charge in [0, 0.05) is 19.0 Å². The van der Waals surface area contributed by atoms with E-state index in [2.05, 4.69) is 12.2 Å². The number of nitrogens with zero attached hydrogens (tertiary/aromatic N) is 1. The second-order valence-electron chi connectivity index (χ2n) is 4.61. The minimum Gasteiger partial charge on any atom is -0.481 e. The molecular formula is C12H22N2O3. The molecule has 1 unspecified atom stereocenters. The van der Waals surface area contributed by atoms with Gasteiger partial charge in [-0.2, -0.15) is 0 Å². The Labute approximate surface area is 102 Å². The number of rotatable bonds is 6. The molecule has 1 amide bonds. The number of aliphatic carboxylic acids is 1. The average molecular weight is 242 g/mol. The van der Waals surface area contributed by atoms with Gasteiger partial charge in [-0.15, -0.1) is 0 Å². The summed E-state index contributed by atoms with van der Waals surface area (Å²) in [5.41, 5.74) is 0. The van der Waals surface area contributed by atoms with Gasteiger partial charge in [0.05, 0.1) is 6.54 Å². The lowest BCUT2D eigenvalue weighted by molar-refractivity contribution is -0.137. The molecule has 1 rings (SSSR count). The fourth-order valence-electron chi connectivity index (χ4n) is 2.13. The van der Waals surface area contributed by atoms with E-state index in [4.69, 9.17) is 5.11 Å². The van der Waals surface area contributed by atoms with E-state index in [9.17, 15) is 9.59 Å². The average Bonchev–Trinajstić information content (AvgIpc) is 2.28. The van der Waals surface area contributed by atoms with Crippen LogP contribution in [0.25, 0.3) is 0 Å². The zero-order valence-electron chi connectivity index (χ0n) is 10.4. The molecule has 0 saturated carbocycles. The van der Waals surface area contributed by atoms with Crippen molar-refractivity contribution in [2.45, 2.75) is 45.1 Å². The number of carbonyl (C=O) groups excluding carboxylic acids is 1. The molecule has 5 nitrogen and oxygen atoms in total. The van der Waals surface area contributed by atoms with Gasteiger partial charge >= 0.3 is 5.97 Å². The fourth-order valence-corrected chi connectivity index (χ4v) is 2.13. The fraction of sp³-hybridized carbons (Fsp3) is 0.833. The molecule has 98 valence electrons. The molecule has 0 aromatic rings. The van der Waals surface area contributed by atoms with E-state index in [1.807, 2.05) is 4.90 Å². The van der Waals surface area contributed by atoms with Crippen LogP contribution in [-0.4, -0.2) is 47.6 Å². The highest BCUT2D eigenvalue weighted by Crippen LogP contribution is 2.15. The van der Waals surface area contributed by atoms with Crippen LogP contribution in [0.2, 0.25) is 0 Å². The molecule has 0 aliphatic carbocycles. The molecule has 0 bridgehead atoms. The first kappa shape index (κ1) is 14.0. The number of carboxylic acid groups (broad SMARTS) is 1. The molecule has 0 aromatic carbocycles. The van der Waals surface area contributed by atoms with Crippen molar-refractivity contribution in [3.63, 3.8) is 0 Å². The van der Waals surface area contributed by atoms with Crippen LogP contribution in [0.1, 0.15) is 39.0 Å². The highest BCUT2D eigenvalue weighted by molar-refractivity contribution is 5.78. The number of likely N-dealkylation sites (tertiary alicyclic amines) is 1. The van der Waals surface area contributed by atoms with E-state index >= 15 is 0 Å². The SMILES string of the molecule is CC1CCCCN1C(=O)CNCCCC(=O)O. The van der Waals surface area contributed by atoms with Gasteiger partial charge in [0.2, 0.25) is 5.91 Å². The van der Waals surface area contributed by atoms with E-state index in [1.54, 1.807) is 0 Å². The van der Waals surface area contributed by atoms with E-state index in [0.29, 0.717) is 25.6 Å². The Balaban J connectivity index is 2.13. The third-order valence-corrected chi connectivity index (χ3v) is 3.14. The van der Waals surface area contributed by atoms with Crippen molar-refractivity contribution in [1.82, 2.24) is 10.2 Å². The summed E-state index contributed by atoms with van der Waals surface area (Å²) in [6.45, 7) is 3.85. The number of hydrogen-bond donors (Lipinski definition) is 2. The highest BCUT2D eigenvalue weighted by Gasteiger charge is 2.22. The summed E-state index contributed by atoms with van der Waals surface area (Å²) in [5.74, 6) is -0.657. The van der Waals surface area contributed by atoms with Crippen molar-refractivity contribution in [2.24, 2.45) is 0 Å². The molecule has 0 aromatic heterocycles. The predicted molar refractivity (Wildman–Crippen MR) is 64.8 cm³/mol. The van der Waals surface area contributed by atoms with E-state index in [-0.39, 0.29) is 12.3 Å². The summed E-state index contributed by atoms with van der Waals surface area (Å²) >= 11 is 0. The van der Waals surface area contributed by atoms with Gasteiger partial charge in [-0.1, -0.05) is 0 Å². The zero-order chi connectivity index (χ0) is 12.7. The van der Waals surface area contributed by atoms with Gasteiger partial charge in [-0.25, -0.2) is 0 Å². The Kier molecular flexibility index (Phi) is 5.97. The second kappa shape index (κ2) is 7.27. The number of carboxylic acids is 1. The van der Waals surface area contributed by atoms with Crippen molar-refractivity contribution in [3.8, 4) is 0 Å². The second-order valence-corrected chi connectivity index (χ2v) is 4.61. The van der Waals surface area contributed by atoms with Crippen molar-refractivity contribution in [1.29, 1.82) is 0 Å². The summed E-state index contributed by atoms with van der Waals surface area (Å²) in [6, 6.07) is 0.345. The van der Waals surface area contributed by atoms with Crippen LogP contribution in [0.3, 0.4) is 0 Å². The van der Waals surface area contributed by atoms with Gasteiger partial charge < -0.3 is 15.3 Å². The number of amides is 1. The molecule has 5 heteroatoms. The maximum atomic E-state index is 11.9. The Morgan fingerprint density at radius 3 is 2.82 bits per heavy atom. The first-order valence-electron chi connectivity index (χ1n) is 6.33. The topological polar surface area (TPSA) is 69.6 Å². The van der Waals surface area contributed by atoms with Crippen LogP contribution < -0.4 is 5.32 Å². The Morgan fingerprint density at radius 2 is 2.18 bits per heavy atom. The van der Waals surface area contributed by atoms with E-state index < -0.39 is 5.97 Å².